The first-order valence-corrected chi connectivity index (χ1v) is 24.4. The summed E-state index contributed by atoms with van der Waals surface area (Å²) >= 11 is 0. The van der Waals surface area contributed by atoms with Gasteiger partial charge in [0.1, 0.15) is 17.8 Å². The summed E-state index contributed by atoms with van der Waals surface area (Å²) in [6.07, 6.45) is 8.82. The smallest absolute Gasteiger partial charge is 0.409 e. The molecule has 12 heteroatoms. The molecule has 0 radical (unpaired) electrons. The molecule has 0 unspecified atom stereocenters. The summed E-state index contributed by atoms with van der Waals surface area (Å²) in [5, 5.41) is 0. The molecule has 6 heterocycles. The zero-order valence-corrected chi connectivity index (χ0v) is 36.9. The number of sulfone groups is 1. The molecule has 58 heavy (non-hydrogen) atoms. The van der Waals surface area contributed by atoms with Crippen LogP contribution in [0.15, 0.2) is 29.2 Å². The van der Waals surface area contributed by atoms with E-state index in [9.17, 15) is 13.2 Å². The topological polar surface area (TPSA) is 119 Å². The number of fused-ring (bicyclic) bond motifs is 4. The number of carbonyl (C=O) groups excluding carboxylic acids is 1. The molecule has 4 bridgehead atoms. The third-order valence-electron chi connectivity index (χ3n) is 17.3. The number of hydrogen-bond acceptors (Lipinski definition) is 10. The maximum atomic E-state index is 14.6. The van der Waals surface area contributed by atoms with Crippen molar-refractivity contribution >= 4 is 15.9 Å². The lowest BCUT2D eigenvalue weighted by Crippen LogP contribution is -2.68. The molecule has 6 aliphatic heterocycles. The normalized spacial score (nSPS) is 47.2. The molecule has 2 spiro atoms. The Kier molecular flexibility index (Phi) is 11.1. The average Bonchev–Trinajstić information content (AvgIpc) is 3.53. The predicted octanol–water partition coefficient (Wildman–Crippen LogP) is 8.18. The summed E-state index contributed by atoms with van der Waals surface area (Å²) < 4.78 is 49.1. The highest BCUT2D eigenvalue weighted by atomic mass is 32.2. The fourth-order valence-electron chi connectivity index (χ4n) is 14.0. The van der Waals surface area contributed by atoms with Crippen molar-refractivity contribution in [2.45, 2.75) is 165 Å². The van der Waals surface area contributed by atoms with Crippen LogP contribution in [0.1, 0.15) is 111 Å². The lowest BCUT2D eigenvalue weighted by atomic mass is 9.55. The van der Waals surface area contributed by atoms with E-state index in [1.807, 2.05) is 0 Å². The lowest BCUT2D eigenvalue weighted by Gasteiger charge is -2.61. The van der Waals surface area contributed by atoms with Crippen molar-refractivity contribution in [3.05, 3.63) is 29.8 Å². The monoisotopic (exact) mass is 827 g/mol. The predicted molar refractivity (Wildman–Crippen MR) is 216 cm³/mol. The molecular weight excluding hydrogens is 759 g/mol. The van der Waals surface area contributed by atoms with Crippen LogP contribution in [-0.2, 0) is 50.2 Å². The van der Waals surface area contributed by atoms with E-state index in [1.165, 1.54) is 4.90 Å². The Morgan fingerprint density at radius 1 is 0.707 bits per heavy atom. The van der Waals surface area contributed by atoms with Crippen LogP contribution in [0.4, 0.5) is 4.79 Å². The van der Waals surface area contributed by atoms with E-state index in [2.05, 4.69) is 41.5 Å². The van der Waals surface area contributed by atoms with E-state index in [0.29, 0.717) is 48.3 Å². The number of rotatable bonds is 9. The molecule has 1 aromatic carbocycles. The molecule has 4 aliphatic carbocycles. The second-order valence-electron chi connectivity index (χ2n) is 20.8. The average molecular weight is 828 g/mol. The quantitative estimate of drug-likeness (QED) is 0.226. The van der Waals surface area contributed by atoms with Crippen LogP contribution in [0.2, 0.25) is 0 Å². The van der Waals surface area contributed by atoms with E-state index >= 15 is 0 Å². The molecule has 4 saturated carbocycles. The molecule has 11 rings (SSSR count). The number of amides is 1. The second-order valence-corrected chi connectivity index (χ2v) is 22.9. The van der Waals surface area contributed by atoms with Crippen LogP contribution in [0, 0.1) is 65.1 Å². The van der Waals surface area contributed by atoms with E-state index < -0.39 is 27.1 Å². The first kappa shape index (κ1) is 41.5. The minimum Gasteiger partial charge on any atom is -0.445 e. The van der Waals surface area contributed by atoms with Crippen molar-refractivity contribution in [3.8, 4) is 0 Å². The van der Waals surface area contributed by atoms with Gasteiger partial charge < -0.3 is 19.1 Å². The number of hydrogen-bond donors (Lipinski definition) is 0. The minimum absolute atomic E-state index is 0.00241. The van der Waals surface area contributed by atoms with Crippen LogP contribution >= 0.6 is 0 Å². The Hall–Kier alpha value is -1.80. The van der Waals surface area contributed by atoms with Gasteiger partial charge in [0, 0.05) is 14.1 Å². The van der Waals surface area contributed by atoms with Crippen LogP contribution in [-0.4, -0.2) is 87.1 Å². The Bertz CT molecular complexity index is 1700. The summed E-state index contributed by atoms with van der Waals surface area (Å²) in [4.78, 5) is 39.3. The van der Waals surface area contributed by atoms with Gasteiger partial charge in [0.2, 0.25) is 0 Å². The first-order chi connectivity index (χ1) is 27.6. The summed E-state index contributed by atoms with van der Waals surface area (Å²) in [5.41, 5.74) is -0.181. The molecular formula is C46H69NO10S. The lowest BCUT2D eigenvalue weighted by molar-refractivity contribution is -0.466. The van der Waals surface area contributed by atoms with Crippen molar-refractivity contribution in [3.63, 3.8) is 0 Å². The standard InChI is InChI=1S/C46H69NO10S/c1-25-9-15-34-29(5)40(52-42-17-27(3)38-21-36(25)45(34,42)56-54-38)19-32(24-58(49,50)33-13-11-31(12-14-33)23-51-44(48)47(7)8)20-41-30(6)35-16-10-26(2)37-22-39-28(4)18-43(53-41)46(35,37)57-55-39/h11-14,25-30,32,34-43H,9-10,15-24H2,1-8H3/t25-,26-,27-,28-,29-,30-,34+,35+,36+,37+,38+,39+,40-,41-,42-,43-,45+,46+/m1/s1. The number of ether oxygens (including phenoxy) is 3. The van der Waals surface area contributed by atoms with Crippen molar-refractivity contribution < 1.29 is 47.0 Å². The molecule has 10 aliphatic rings. The molecule has 0 N–H and O–H groups in total. The van der Waals surface area contributed by atoms with Gasteiger partial charge in [0.15, 0.2) is 9.84 Å². The maximum absolute atomic E-state index is 14.6. The maximum Gasteiger partial charge on any atom is 0.409 e. The highest BCUT2D eigenvalue weighted by molar-refractivity contribution is 7.91. The van der Waals surface area contributed by atoms with Gasteiger partial charge in [-0.2, -0.15) is 0 Å². The minimum atomic E-state index is -3.72. The van der Waals surface area contributed by atoms with Gasteiger partial charge in [0.25, 0.3) is 0 Å². The van der Waals surface area contributed by atoms with Gasteiger partial charge in [-0.1, -0.05) is 53.7 Å². The zero-order chi connectivity index (χ0) is 40.9. The summed E-state index contributed by atoms with van der Waals surface area (Å²) in [6, 6.07) is 6.81. The Morgan fingerprint density at radius 3 is 1.66 bits per heavy atom. The summed E-state index contributed by atoms with van der Waals surface area (Å²) in [7, 11) is -0.452. The Balaban J connectivity index is 1.01. The molecule has 11 nitrogen and oxygen atoms in total. The van der Waals surface area contributed by atoms with Gasteiger partial charge in [-0.3, -0.25) is 0 Å². The SMILES string of the molecule is C[C@H]1[C@@H](CC(C[C@H]2O[C@@H]3C[C@@H](C)[C@@H]4C[C@H]5[C@H](C)CC[C@@H]([C@H]2C)[C@@]35OO4)CS(=O)(=O)c2ccc(COC(=O)N(C)C)cc2)O[C@@H]2C[C@@H](C)[C@@H]3C[C@H]4[C@H](C)CC[C@@H]1[C@@]24OO3. The third-order valence-corrected chi connectivity index (χ3v) is 19.2. The van der Waals surface area contributed by atoms with Gasteiger partial charge in [0.05, 0.1) is 47.3 Å². The fraction of sp³-hybridized carbons (Fsp3) is 0.848. The van der Waals surface area contributed by atoms with Gasteiger partial charge in [-0.25, -0.2) is 32.8 Å². The highest BCUT2D eigenvalue weighted by Crippen LogP contribution is 2.63. The molecule has 1 aromatic rings. The van der Waals surface area contributed by atoms with Gasteiger partial charge in [-0.15, -0.1) is 0 Å². The molecule has 18 atom stereocenters. The van der Waals surface area contributed by atoms with Crippen LogP contribution in [0.25, 0.3) is 0 Å². The summed E-state index contributed by atoms with van der Waals surface area (Å²) in [6.45, 7) is 14.0. The van der Waals surface area contributed by atoms with E-state index in [0.717, 1.165) is 56.9 Å². The first-order valence-electron chi connectivity index (χ1n) is 22.8. The molecule has 324 valence electrons. The molecule has 0 aromatic heterocycles. The van der Waals surface area contributed by atoms with Crippen molar-refractivity contribution in [1.82, 2.24) is 4.90 Å². The molecule has 10 fully saturated rings. The van der Waals surface area contributed by atoms with Crippen molar-refractivity contribution in [2.75, 3.05) is 19.8 Å². The van der Waals surface area contributed by atoms with Crippen molar-refractivity contribution in [1.29, 1.82) is 0 Å². The van der Waals surface area contributed by atoms with Crippen molar-refractivity contribution in [2.24, 2.45) is 65.1 Å². The highest BCUT2D eigenvalue weighted by Gasteiger charge is 2.69. The number of nitrogens with zero attached hydrogens (tertiary/aromatic N) is 1. The molecule has 6 saturated heterocycles. The van der Waals surface area contributed by atoms with Crippen LogP contribution in [0.3, 0.4) is 0 Å². The number of benzene rings is 1. The Labute approximate surface area is 346 Å². The third kappa shape index (κ3) is 6.80. The Morgan fingerprint density at radius 2 is 1.19 bits per heavy atom. The van der Waals surface area contributed by atoms with Gasteiger partial charge in [-0.05, 0) is 147 Å². The van der Waals surface area contributed by atoms with Crippen LogP contribution < -0.4 is 0 Å². The molecule has 1 amide bonds. The van der Waals surface area contributed by atoms with E-state index in [4.69, 9.17) is 33.8 Å². The van der Waals surface area contributed by atoms with E-state index in [-0.39, 0.29) is 83.5 Å². The van der Waals surface area contributed by atoms with E-state index in [1.54, 1.807) is 38.4 Å². The number of carbonyl (C=O) groups is 1. The summed E-state index contributed by atoms with van der Waals surface area (Å²) in [5.74, 6) is 3.19. The second kappa shape index (κ2) is 15.5. The van der Waals surface area contributed by atoms with Crippen LogP contribution in [0.5, 0.6) is 0 Å². The fourth-order valence-corrected chi connectivity index (χ4v) is 15.6. The largest absolute Gasteiger partial charge is 0.445 e. The van der Waals surface area contributed by atoms with Gasteiger partial charge >= 0.3 is 6.09 Å². The zero-order valence-electron chi connectivity index (χ0n) is 36.0.